The summed E-state index contributed by atoms with van der Waals surface area (Å²) in [6.07, 6.45) is 0. The molecule has 1 aromatic rings. The molecular formula is C15H23F2N. The first kappa shape index (κ1) is 15.1. The molecule has 0 aliphatic carbocycles. The predicted octanol–water partition coefficient (Wildman–Crippen LogP) is 4.36. The van der Waals surface area contributed by atoms with Crippen molar-refractivity contribution in [3.8, 4) is 0 Å². The Labute approximate surface area is 109 Å². The van der Waals surface area contributed by atoms with E-state index < -0.39 is 0 Å². The third-order valence-corrected chi connectivity index (χ3v) is 3.54. The van der Waals surface area contributed by atoms with E-state index >= 15 is 0 Å². The van der Waals surface area contributed by atoms with Gasteiger partial charge in [-0.1, -0.05) is 20.8 Å². The Kier molecular flexibility index (Phi) is 4.49. The van der Waals surface area contributed by atoms with Gasteiger partial charge in [0.05, 0.1) is 0 Å². The number of hydrogen-bond donors (Lipinski definition) is 1. The van der Waals surface area contributed by atoms with Crippen LogP contribution in [0.25, 0.3) is 0 Å². The van der Waals surface area contributed by atoms with Crippen molar-refractivity contribution in [2.75, 3.05) is 0 Å². The average Bonchev–Trinajstić information content (AvgIpc) is 2.21. The molecule has 102 valence electrons. The molecule has 0 bridgehead atoms. The maximum Gasteiger partial charge on any atom is 0.128 e. The number of rotatable bonds is 3. The Bertz CT molecular complexity index is 421. The Balaban J connectivity index is 2.91. The molecule has 0 spiro atoms. The van der Waals surface area contributed by atoms with E-state index in [1.165, 1.54) is 12.1 Å². The van der Waals surface area contributed by atoms with Gasteiger partial charge in [-0.15, -0.1) is 0 Å². The van der Waals surface area contributed by atoms with E-state index in [-0.39, 0.29) is 29.1 Å². The molecule has 2 unspecified atom stereocenters. The van der Waals surface area contributed by atoms with E-state index in [2.05, 4.69) is 33.0 Å². The molecular weight excluding hydrogens is 232 g/mol. The van der Waals surface area contributed by atoms with Crippen molar-refractivity contribution >= 4 is 0 Å². The molecule has 1 aromatic carbocycles. The molecule has 0 amide bonds. The second-order valence-corrected chi connectivity index (χ2v) is 6.10. The summed E-state index contributed by atoms with van der Waals surface area (Å²) in [5.74, 6) is -0.710. The van der Waals surface area contributed by atoms with Crippen LogP contribution in [0.1, 0.15) is 51.8 Å². The first-order chi connectivity index (χ1) is 8.12. The number of aryl methyl sites for hydroxylation is 1. The molecule has 18 heavy (non-hydrogen) atoms. The van der Waals surface area contributed by atoms with Gasteiger partial charge in [-0.05, 0) is 43.9 Å². The minimum absolute atomic E-state index is 0.0774. The van der Waals surface area contributed by atoms with Crippen molar-refractivity contribution in [2.24, 2.45) is 5.41 Å². The summed E-state index contributed by atoms with van der Waals surface area (Å²) in [5, 5.41) is 3.32. The van der Waals surface area contributed by atoms with Crippen LogP contribution in [0.5, 0.6) is 0 Å². The van der Waals surface area contributed by atoms with Crippen LogP contribution in [-0.4, -0.2) is 6.04 Å². The Morgan fingerprint density at radius 2 is 1.61 bits per heavy atom. The predicted molar refractivity (Wildman–Crippen MR) is 71.6 cm³/mol. The zero-order valence-corrected chi connectivity index (χ0v) is 12.1. The normalized spacial score (nSPS) is 15.6. The Hall–Kier alpha value is -0.960. The van der Waals surface area contributed by atoms with Crippen LogP contribution in [-0.2, 0) is 0 Å². The highest BCUT2D eigenvalue weighted by Crippen LogP contribution is 2.25. The second kappa shape index (κ2) is 5.35. The Morgan fingerprint density at radius 1 is 1.06 bits per heavy atom. The molecule has 0 heterocycles. The molecule has 2 atom stereocenters. The zero-order chi connectivity index (χ0) is 14.1. The topological polar surface area (TPSA) is 12.0 Å². The summed E-state index contributed by atoms with van der Waals surface area (Å²) in [4.78, 5) is 0. The van der Waals surface area contributed by atoms with Crippen molar-refractivity contribution in [3.05, 3.63) is 34.9 Å². The molecule has 0 aliphatic rings. The molecule has 0 saturated heterocycles. The SMILES string of the molecule is Cc1cc(F)c(C(C)NC(C)C(C)(C)C)cc1F. The minimum Gasteiger partial charge on any atom is -0.307 e. The van der Waals surface area contributed by atoms with Gasteiger partial charge in [0.1, 0.15) is 11.6 Å². The summed E-state index contributed by atoms with van der Waals surface area (Å²) in [6.45, 7) is 11.8. The standard InChI is InChI=1S/C15H23F2N/c1-9-7-14(17)12(8-13(9)16)10(2)18-11(3)15(4,5)6/h7-8,10-11,18H,1-6H3. The van der Waals surface area contributed by atoms with Gasteiger partial charge in [-0.3, -0.25) is 0 Å². The lowest BCUT2D eigenvalue weighted by Gasteiger charge is -2.31. The summed E-state index contributed by atoms with van der Waals surface area (Å²) in [6, 6.07) is 2.54. The van der Waals surface area contributed by atoms with Gasteiger partial charge in [0, 0.05) is 17.6 Å². The smallest absolute Gasteiger partial charge is 0.128 e. The van der Waals surface area contributed by atoms with E-state index in [0.29, 0.717) is 11.1 Å². The minimum atomic E-state index is -0.358. The maximum absolute atomic E-state index is 13.8. The van der Waals surface area contributed by atoms with E-state index in [1.54, 1.807) is 6.92 Å². The molecule has 0 aliphatic heterocycles. The van der Waals surface area contributed by atoms with Gasteiger partial charge >= 0.3 is 0 Å². The van der Waals surface area contributed by atoms with Crippen LogP contribution in [0.2, 0.25) is 0 Å². The maximum atomic E-state index is 13.8. The van der Waals surface area contributed by atoms with E-state index in [4.69, 9.17) is 0 Å². The van der Waals surface area contributed by atoms with E-state index in [0.717, 1.165) is 0 Å². The van der Waals surface area contributed by atoms with Gasteiger partial charge < -0.3 is 5.32 Å². The largest absolute Gasteiger partial charge is 0.307 e. The van der Waals surface area contributed by atoms with Gasteiger partial charge in [0.25, 0.3) is 0 Å². The first-order valence-electron chi connectivity index (χ1n) is 6.34. The van der Waals surface area contributed by atoms with E-state index in [1.807, 2.05) is 6.92 Å². The number of halogens is 2. The summed E-state index contributed by atoms with van der Waals surface area (Å²) in [5.41, 5.74) is 0.801. The Morgan fingerprint density at radius 3 is 2.11 bits per heavy atom. The van der Waals surface area contributed by atoms with Crippen LogP contribution in [0, 0.1) is 24.0 Å². The van der Waals surface area contributed by atoms with Crippen LogP contribution in [0.15, 0.2) is 12.1 Å². The number of hydrogen-bond acceptors (Lipinski definition) is 1. The molecule has 0 radical (unpaired) electrons. The summed E-state index contributed by atoms with van der Waals surface area (Å²) >= 11 is 0. The highest BCUT2D eigenvalue weighted by molar-refractivity contribution is 5.27. The average molecular weight is 255 g/mol. The fraction of sp³-hybridized carbons (Fsp3) is 0.600. The highest BCUT2D eigenvalue weighted by Gasteiger charge is 2.23. The quantitative estimate of drug-likeness (QED) is 0.846. The van der Waals surface area contributed by atoms with Crippen molar-refractivity contribution in [1.82, 2.24) is 5.32 Å². The van der Waals surface area contributed by atoms with Gasteiger partial charge in [0.15, 0.2) is 0 Å². The van der Waals surface area contributed by atoms with Crippen LogP contribution in [0.4, 0.5) is 8.78 Å². The van der Waals surface area contributed by atoms with Crippen molar-refractivity contribution < 1.29 is 8.78 Å². The lowest BCUT2D eigenvalue weighted by Crippen LogP contribution is -2.39. The molecule has 0 aromatic heterocycles. The van der Waals surface area contributed by atoms with Gasteiger partial charge in [-0.25, -0.2) is 8.78 Å². The third-order valence-electron chi connectivity index (χ3n) is 3.54. The molecule has 0 saturated carbocycles. The fourth-order valence-corrected chi connectivity index (χ4v) is 1.71. The van der Waals surface area contributed by atoms with Crippen LogP contribution < -0.4 is 5.32 Å². The molecule has 1 rings (SSSR count). The summed E-state index contributed by atoms with van der Waals surface area (Å²) in [7, 11) is 0. The van der Waals surface area contributed by atoms with Crippen LogP contribution >= 0.6 is 0 Å². The zero-order valence-electron chi connectivity index (χ0n) is 12.1. The fourth-order valence-electron chi connectivity index (χ4n) is 1.71. The van der Waals surface area contributed by atoms with Gasteiger partial charge in [-0.2, -0.15) is 0 Å². The number of benzene rings is 1. The van der Waals surface area contributed by atoms with Crippen LogP contribution in [0.3, 0.4) is 0 Å². The monoisotopic (exact) mass is 255 g/mol. The lowest BCUT2D eigenvalue weighted by atomic mass is 9.87. The summed E-state index contributed by atoms with van der Waals surface area (Å²) < 4.78 is 27.3. The molecule has 0 fully saturated rings. The number of nitrogens with one attached hydrogen (secondary N) is 1. The first-order valence-corrected chi connectivity index (χ1v) is 6.34. The molecule has 1 nitrogen and oxygen atoms in total. The third kappa shape index (κ3) is 3.52. The van der Waals surface area contributed by atoms with E-state index in [9.17, 15) is 8.78 Å². The van der Waals surface area contributed by atoms with Gasteiger partial charge in [0.2, 0.25) is 0 Å². The van der Waals surface area contributed by atoms with Crippen molar-refractivity contribution in [1.29, 1.82) is 0 Å². The molecule has 3 heteroatoms. The molecule has 1 N–H and O–H groups in total. The van der Waals surface area contributed by atoms with Crippen molar-refractivity contribution in [2.45, 2.75) is 53.6 Å². The second-order valence-electron chi connectivity index (χ2n) is 6.10. The van der Waals surface area contributed by atoms with Crippen molar-refractivity contribution in [3.63, 3.8) is 0 Å². The highest BCUT2D eigenvalue weighted by atomic mass is 19.1. The lowest BCUT2D eigenvalue weighted by molar-refractivity contribution is 0.266.